The summed E-state index contributed by atoms with van der Waals surface area (Å²) in [5.41, 5.74) is 1.97. The predicted molar refractivity (Wildman–Crippen MR) is 117 cm³/mol. The summed E-state index contributed by atoms with van der Waals surface area (Å²) in [5, 5.41) is 4.47. The largest absolute Gasteiger partial charge is 0.493 e. The average molecular weight is 425 g/mol. The molecular formula is C23H24N2O4S. The number of amides is 2. The first-order valence-electron chi connectivity index (χ1n) is 9.46. The molecular weight excluding hydrogens is 400 g/mol. The second kappa shape index (κ2) is 10.5. The first-order chi connectivity index (χ1) is 14.6. The summed E-state index contributed by atoms with van der Waals surface area (Å²) in [6, 6.07) is 19.0. The zero-order valence-electron chi connectivity index (χ0n) is 17.0. The van der Waals surface area contributed by atoms with Crippen LogP contribution in [0.4, 0.5) is 0 Å². The molecule has 7 heteroatoms. The molecule has 0 aliphatic carbocycles. The number of thiophene rings is 1. The Bertz CT molecular complexity index is 974. The summed E-state index contributed by atoms with van der Waals surface area (Å²) >= 11 is 1.34. The number of hydrogen-bond donors (Lipinski definition) is 1. The molecule has 30 heavy (non-hydrogen) atoms. The Morgan fingerprint density at radius 1 is 1.00 bits per heavy atom. The van der Waals surface area contributed by atoms with E-state index in [4.69, 9.17) is 9.47 Å². The maximum atomic E-state index is 12.4. The second-order valence-electron chi connectivity index (χ2n) is 6.67. The van der Waals surface area contributed by atoms with E-state index in [-0.39, 0.29) is 18.4 Å². The number of likely N-dealkylation sites (N-methyl/N-ethyl adjacent to an activating group) is 1. The van der Waals surface area contributed by atoms with E-state index in [1.54, 1.807) is 31.2 Å². The minimum Gasteiger partial charge on any atom is -0.493 e. The van der Waals surface area contributed by atoms with Gasteiger partial charge in [-0.2, -0.15) is 0 Å². The second-order valence-corrected chi connectivity index (χ2v) is 7.62. The lowest BCUT2D eigenvalue weighted by Crippen LogP contribution is -2.37. The van der Waals surface area contributed by atoms with Crippen LogP contribution in [0, 0.1) is 0 Å². The van der Waals surface area contributed by atoms with Gasteiger partial charge in [-0.15, -0.1) is 11.3 Å². The number of carbonyl (C=O) groups excluding carboxylic acids is 2. The van der Waals surface area contributed by atoms with Gasteiger partial charge in [0.25, 0.3) is 5.91 Å². The Kier molecular flexibility index (Phi) is 7.45. The number of benzene rings is 2. The van der Waals surface area contributed by atoms with Gasteiger partial charge in [0.2, 0.25) is 5.91 Å². The van der Waals surface area contributed by atoms with Crippen molar-refractivity contribution in [2.75, 3.05) is 20.7 Å². The maximum Gasteiger partial charge on any atom is 0.261 e. The fourth-order valence-electron chi connectivity index (χ4n) is 2.81. The van der Waals surface area contributed by atoms with Gasteiger partial charge in [0, 0.05) is 13.6 Å². The first kappa shape index (κ1) is 21.4. The fourth-order valence-corrected chi connectivity index (χ4v) is 3.45. The topological polar surface area (TPSA) is 67.9 Å². The molecule has 2 amide bonds. The van der Waals surface area contributed by atoms with Crippen LogP contribution in [0.15, 0.2) is 66.0 Å². The van der Waals surface area contributed by atoms with E-state index in [1.165, 1.54) is 11.3 Å². The molecule has 1 N–H and O–H groups in total. The van der Waals surface area contributed by atoms with Gasteiger partial charge in [-0.25, -0.2) is 0 Å². The molecule has 0 saturated heterocycles. The molecule has 1 aromatic heterocycles. The van der Waals surface area contributed by atoms with Crippen molar-refractivity contribution in [3.8, 4) is 11.5 Å². The van der Waals surface area contributed by atoms with E-state index in [0.717, 1.165) is 11.1 Å². The lowest BCUT2D eigenvalue weighted by Gasteiger charge is -2.19. The van der Waals surface area contributed by atoms with Gasteiger partial charge in [0.1, 0.15) is 6.61 Å². The number of nitrogens with zero attached hydrogens (tertiary/aromatic N) is 1. The van der Waals surface area contributed by atoms with Crippen LogP contribution in [-0.2, 0) is 17.9 Å². The predicted octanol–water partition coefficient (Wildman–Crippen LogP) is 3.72. The first-order valence-corrected chi connectivity index (χ1v) is 10.3. The Morgan fingerprint density at radius 3 is 2.50 bits per heavy atom. The maximum absolute atomic E-state index is 12.4. The molecule has 0 unspecified atom stereocenters. The molecule has 3 rings (SSSR count). The number of methoxy groups -OCH3 is 1. The number of carbonyl (C=O) groups is 2. The van der Waals surface area contributed by atoms with Gasteiger partial charge in [-0.3, -0.25) is 9.59 Å². The van der Waals surface area contributed by atoms with Crippen LogP contribution in [0.1, 0.15) is 20.8 Å². The van der Waals surface area contributed by atoms with E-state index in [0.29, 0.717) is 29.5 Å². The molecule has 0 aliphatic rings. The van der Waals surface area contributed by atoms with E-state index in [2.05, 4.69) is 5.32 Å². The molecule has 0 aliphatic heterocycles. The lowest BCUT2D eigenvalue weighted by molar-refractivity contribution is -0.129. The van der Waals surface area contributed by atoms with E-state index in [9.17, 15) is 9.59 Å². The average Bonchev–Trinajstić information content (AvgIpc) is 3.32. The minimum atomic E-state index is -0.242. The van der Waals surface area contributed by atoms with Crippen molar-refractivity contribution in [3.05, 3.63) is 82.0 Å². The molecule has 3 aromatic rings. The Labute approximate surface area is 180 Å². The van der Waals surface area contributed by atoms with Crippen molar-refractivity contribution in [1.82, 2.24) is 10.2 Å². The molecule has 0 saturated carbocycles. The summed E-state index contributed by atoms with van der Waals surface area (Å²) in [6.07, 6.45) is 0. The number of hydrogen-bond acceptors (Lipinski definition) is 5. The van der Waals surface area contributed by atoms with Crippen molar-refractivity contribution in [3.63, 3.8) is 0 Å². The Balaban J connectivity index is 1.54. The zero-order valence-corrected chi connectivity index (χ0v) is 17.8. The van der Waals surface area contributed by atoms with Crippen LogP contribution in [0.3, 0.4) is 0 Å². The third-order valence-corrected chi connectivity index (χ3v) is 5.32. The molecule has 0 radical (unpaired) electrons. The van der Waals surface area contributed by atoms with Gasteiger partial charge in [0.05, 0.1) is 18.5 Å². The van der Waals surface area contributed by atoms with E-state index >= 15 is 0 Å². The van der Waals surface area contributed by atoms with Crippen LogP contribution < -0.4 is 14.8 Å². The number of nitrogens with one attached hydrogen (secondary N) is 1. The summed E-state index contributed by atoms with van der Waals surface area (Å²) in [4.78, 5) is 26.5. The van der Waals surface area contributed by atoms with Crippen LogP contribution in [0.25, 0.3) is 0 Å². The van der Waals surface area contributed by atoms with Crippen molar-refractivity contribution < 1.29 is 19.1 Å². The lowest BCUT2D eigenvalue weighted by atomic mass is 10.2. The third-order valence-electron chi connectivity index (χ3n) is 4.46. The highest BCUT2D eigenvalue weighted by Crippen LogP contribution is 2.29. The normalized spacial score (nSPS) is 10.3. The van der Waals surface area contributed by atoms with Gasteiger partial charge in [-0.1, -0.05) is 42.5 Å². The van der Waals surface area contributed by atoms with Gasteiger partial charge >= 0.3 is 0 Å². The zero-order chi connectivity index (χ0) is 21.3. The van der Waals surface area contributed by atoms with Gasteiger partial charge < -0.3 is 19.7 Å². The molecule has 0 atom stereocenters. The molecule has 0 spiro atoms. The number of ether oxygens (including phenoxy) is 2. The minimum absolute atomic E-state index is 0.0529. The van der Waals surface area contributed by atoms with Gasteiger partial charge in [0.15, 0.2) is 11.5 Å². The van der Waals surface area contributed by atoms with Crippen LogP contribution in [-0.4, -0.2) is 37.4 Å². The summed E-state index contributed by atoms with van der Waals surface area (Å²) in [7, 11) is 3.29. The highest BCUT2D eigenvalue weighted by molar-refractivity contribution is 7.12. The Morgan fingerprint density at radius 2 is 1.80 bits per heavy atom. The fraction of sp³-hybridized carbons (Fsp3) is 0.217. The molecule has 0 bridgehead atoms. The SMILES string of the molecule is COc1cc(CN(C)C(=O)CNC(=O)c2cccs2)ccc1OCc1ccccc1. The Hall–Kier alpha value is -3.32. The van der Waals surface area contributed by atoms with Crippen molar-refractivity contribution in [2.45, 2.75) is 13.2 Å². The third kappa shape index (κ3) is 5.84. The molecule has 2 aromatic carbocycles. The molecule has 1 heterocycles. The van der Waals surface area contributed by atoms with Gasteiger partial charge in [-0.05, 0) is 34.7 Å². The van der Waals surface area contributed by atoms with Crippen molar-refractivity contribution in [2.24, 2.45) is 0 Å². The van der Waals surface area contributed by atoms with Crippen LogP contribution in [0.2, 0.25) is 0 Å². The highest BCUT2D eigenvalue weighted by Gasteiger charge is 2.14. The molecule has 6 nitrogen and oxygen atoms in total. The quantitative estimate of drug-likeness (QED) is 0.568. The van der Waals surface area contributed by atoms with Crippen molar-refractivity contribution >= 4 is 23.2 Å². The van der Waals surface area contributed by atoms with E-state index in [1.807, 2.05) is 53.9 Å². The number of rotatable bonds is 9. The smallest absolute Gasteiger partial charge is 0.261 e. The summed E-state index contributed by atoms with van der Waals surface area (Å²) in [5.74, 6) is 0.828. The monoisotopic (exact) mass is 424 g/mol. The van der Waals surface area contributed by atoms with E-state index < -0.39 is 0 Å². The standard InChI is InChI=1S/C23H24N2O4S/c1-25(22(26)14-24-23(27)21-9-6-12-30-21)15-18-10-11-19(20(13-18)28-2)29-16-17-7-4-3-5-8-17/h3-13H,14-16H2,1-2H3,(H,24,27). The van der Waals surface area contributed by atoms with Crippen LogP contribution in [0.5, 0.6) is 11.5 Å². The molecule has 0 fully saturated rings. The highest BCUT2D eigenvalue weighted by atomic mass is 32.1. The summed E-state index contributed by atoms with van der Waals surface area (Å²) < 4.78 is 11.3. The summed E-state index contributed by atoms with van der Waals surface area (Å²) in [6.45, 7) is 0.782. The van der Waals surface area contributed by atoms with Crippen LogP contribution >= 0.6 is 11.3 Å². The molecule has 156 valence electrons. The van der Waals surface area contributed by atoms with Crippen molar-refractivity contribution in [1.29, 1.82) is 0 Å².